The van der Waals surface area contributed by atoms with E-state index in [2.05, 4.69) is 38.6 Å². The molecule has 2 N–H and O–H groups in total. The van der Waals surface area contributed by atoms with Crippen LogP contribution in [0.5, 0.6) is 0 Å². The predicted molar refractivity (Wildman–Crippen MR) is 122 cm³/mol. The number of carbonyl (C=O) groups is 2. The van der Waals surface area contributed by atoms with Crippen LogP contribution in [-0.4, -0.2) is 65.7 Å². The number of rotatable bonds is 5. The number of benzene rings is 1. The number of amides is 1. The number of carboxylic acids is 1. The first-order valence-corrected chi connectivity index (χ1v) is 11.6. The minimum Gasteiger partial charge on any atom is -0.475 e. The molecule has 3 aromatic rings. The summed E-state index contributed by atoms with van der Waals surface area (Å²) in [4.78, 5) is 24.1. The first kappa shape index (κ1) is 26.3. The monoisotopic (exact) mass is 523 g/mol. The maximum atomic E-state index is 13.4. The number of likely N-dealkylation sites (tertiary alicyclic amines) is 1. The van der Waals surface area contributed by atoms with Gasteiger partial charge >= 0.3 is 12.1 Å². The van der Waals surface area contributed by atoms with E-state index in [-0.39, 0.29) is 11.7 Å². The lowest BCUT2D eigenvalue weighted by Crippen LogP contribution is -2.31. The summed E-state index contributed by atoms with van der Waals surface area (Å²) in [6.45, 7) is 6.56. The van der Waals surface area contributed by atoms with Crippen LogP contribution in [0.4, 0.5) is 23.2 Å². The van der Waals surface area contributed by atoms with E-state index in [4.69, 9.17) is 9.90 Å². The molecule has 0 bridgehead atoms. The second kappa shape index (κ2) is 10.7. The van der Waals surface area contributed by atoms with Crippen molar-refractivity contribution < 1.29 is 32.3 Å². The van der Waals surface area contributed by atoms with Gasteiger partial charge in [0.1, 0.15) is 11.6 Å². The molecule has 1 fully saturated rings. The number of hydrogen-bond donors (Lipinski definition) is 2. The molecular formula is C23H25F4N7O3. The van der Waals surface area contributed by atoms with Crippen LogP contribution in [0, 0.1) is 17.7 Å². The lowest BCUT2D eigenvalue weighted by Gasteiger charge is -2.25. The Bertz CT molecular complexity index is 1270. The van der Waals surface area contributed by atoms with Gasteiger partial charge in [0.2, 0.25) is 5.82 Å². The number of anilines is 1. The van der Waals surface area contributed by atoms with Crippen molar-refractivity contribution >= 4 is 17.6 Å². The van der Waals surface area contributed by atoms with Gasteiger partial charge < -0.3 is 15.0 Å². The maximum absolute atomic E-state index is 13.4. The van der Waals surface area contributed by atoms with Crippen LogP contribution in [0.3, 0.4) is 0 Å². The first-order chi connectivity index (χ1) is 17.5. The van der Waals surface area contributed by atoms with E-state index >= 15 is 0 Å². The van der Waals surface area contributed by atoms with E-state index in [1.807, 2.05) is 15.4 Å². The fourth-order valence-corrected chi connectivity index (χ4v) is 4.59. The highest BCUT2D eigenvalue weighted by Crippen LogP contribution is 2.33. The third kappa shape index (κ3) is 6.31. The normalized spacial score (nSPS) is 18.9. The molecule has 1 saturated heterocycles. The molecular weight excluding hydrogens is 498 g/mol. The van der Waals surface area contributed by atoms with E-state index in [0.717, 1.165) is 45.0 Å². The van der Waals surface area contributed by atoms with Crippen LogP contribution in [0.15, 0.2) is 36.7 Å². The van der Waals surface area contributed by atoms with Gasteiger partial charge in [-0.1, -0.05) is 6.07 Å². The number of aliphatic carboxylic acids is 1. The van der Waals surface area contributed by atoms with Gasteiger partial charge in [0, 0.05) is 56.6 Å². The fourth-order valence-electron chi connectivity index (χ4n) is 4.59. The second-order valence-corrected chi connectivity index (χ2v) is 8.94. The number of carboxylic acid groups (broad SMARTS) is 1. The molecule has 4 heterocycles. The number of fused-ring (bicyclic) bond motifs is 2. The summed E-state index contributed by atoms with van der Waals surface area (Å²) < 4.78 is 49.0. The Balaban J connectivity index is 0.000000405. The Labute approximate surface area is 208 Å². The number of aromatic nitrogens is 5. The minimum absolute atomic E-state index is 0.287. The van der Waals surface area contributed by atoms with Gasteiger partial charge in [0.05, 0.1) is 6.20 Å². The highest BCUT2D eigenvalue weighted by atomic mass is 19.4. The van der Waals surface area contributed by atoms with Crippen molar-refractivity contribution in [1.82, 2.24) is 29.4 Å². The molecule has 1 amide bonds. The van der Waals surface area contributed by atoms with Crippen LogP contribution >= 0.6 is 0 Å². The molecule has 14 heteroatoms. The summed E-state index contributed by atoms with van der Waals surface area (Å²) >= 11 is 0. The van der Waals surface area contributed by atoms with Gasteiger partial charge in [-0.2, -0.15) is 18.3 Å². The number of hydrogen-bond acceptors (Lipinski definition) is 6. The third-order valence-electron chi connectivity index (χ3n) is 6.29. The van der Waals surface area contributed by atoms with Gasteiger partial charge in [0.15, 0.2) is 0 Å². The molecule has 2 atom stereocenters. The lowest BCUT2D eigenvalue weighted by atomic mass is 9.89. The highest BCUT2D eigenvalue weighted by Gasteiger charge is 2.39. The third-order valence-corrected chi connectivity index (χ3v) is 6.29. The largest absolute Gasteiger partial charge is 0.490 e. The van der Waals surface area contributed by atoms with Crippen molar-refractivity contribution in [2.24, 2.45) is 11.8 Å². The van der Waals surface area contributed by atoms with Gasteiger partial charge in [0.25, 0.3) is 5.91 Å². The molecule has 10 nitrogen and oxygen atoms in total. The fraction of sp³-hybridized carbons (Fsp3) is 0.435. The molecule has 0 saturated carbocycles. The summed E-state index contributed by atoms with van der Waals surface area (Å²) in [5.74, 6) is -1.41. The molecule has 37 heavy (non-hydrogen) atoms. The van der Waals surface area contributed by atoms with Crippen LogP contribution in [0.1, 0.15) is 28.9 Å². The quantitative estimate of drug-likeness (QED) is 0.494. The van der Waals surface area contributed by atoms with Crippen molar-refractivity contribution in [3.8, 4) is 0 Å². The zero-order chi connectivity index (χ0) is 26.7. The summed E-state index contributed by atoms with van der Waals surface area (Å²) in [7, 11) is 0. The Morgan fingerprint density at radius 3 is 2.54 bits per heavy atom. The summed E-state index contributed by atoms with van der Waals surface area (Å²) in [6.07, 6.45) is -0.225. The van der Waals surface area contributed by atoms with Crippen molar-refractivity contribution in [2.75, 3.05) is 18.4 Å². The summed E-state index contributed by atoms with van der Waals surface area (Å²) in [6, 6.07) is 5.84. The molecule has 5 rings (SSSR count). The van der Waals surface area contributed by atoms with E-state index < -0.39 is 18.0 Å². The number of halogens is 4. The number of nitrogens with zero attached hydrogens (tertiary/aromatic N) is 6. The second-order valence-electron chi connectivity index (χ2n) is 8.94. The summed E-state index contributed by atoms with van der Waals surface area (Å²) in [5.41, 5.74) is 1.63. The number of alkyl halides is 3. The van der Waals surface area contributed by atoms with Gasteiger partial charge in [-0.3, -0.25) is 14.4 Å². The Morgan fingerprint density at radius 1 is 1.16 bits per heavy atom. The molecule has 0 aliphatic carbocycles. The van der Waals surface area contributed by atoms with Crippen molar-refractivity contribution in [2.45, 2.75) is 39.2 Å². The van der Waals surface area contributed by atoms with E-state index in [9.17, 15) is 22.4 Å². The SMILES string of the molecule is CCn1cc(CN2CC3Cc4nnc(C(=O)Nc5cccc(F)c5)n4CC3C2)cn1.O=C(O)C(F)(F)F. The Hall–Kier alpha value is -3.81. The Morgan fingerprint density at radius 2 is 1.89 bits per heavy atom. The number of carbonyl (C=O) groups excluding carboxylic acids is 1. The molecule has 2 aromatic heterocycles. The van der Waals surface area contributed by atoms with E-state index in [0.29, 0.717) is 17.5 Å². The first-order valence-electron chi connectivity index (χ1n) is 11.6. The number of nitrogens with one attached hydrogen (secondary N) is 1. The Kier molecular flexibility index (Phi) is 7.57. The van der Waals surface area contributed by atoms with Crippen molar-refractivity contribution in [3.05, 3.63) is 59.7 Å². The minimum atomic E-state index is -5.08. The highest BCUT2D eigenvalue weighted by molar-refractivity contribution is 6.01. The van der Waals surface area contributed by atoms with Gasteiger partial charge in [-0.05, 0) is 37.0 Å². The molecule has 198 valence electrons. The standard InChI is InChI=1S/C21H24FN7O.C2HF3O2/c1-2-28-10-14(8-23-28)9-27-11-15-6-19-25-26-20(29(19)13-16(15)12-27)21(30)24-18-5-3-4-17(22)7-18;3-2(4,5)1(6)7/h3-5,7-8,10,15-16H,2,6,9,11-13H2,1H3,(H,24,30);(H,6,7). The topological polar surface area (TPSA) is 118 Å². The van der Waals surface area contributed by atoms with Crippen LogP contribution in [-0.2, 0) is 30.8 Å². The molecule has 0 spiro atoms. The van der Waals surface area contributed by atoms with Crippen molar-refractivity contribution in [1.29, 1.82) is 0 Å². The van der Waals surface area contributed by atoms with Crippen molar-refractivity contribution in [3.63, 3.8) is 0 Å². The maximum Gasteiger partial charge on any atom is 0.490 e. The average molecular weight is 523 g/mol. The molecule has 2 aliphatic heterocycles. The molecule has 1 aromatic carbocycles. The smallest absolute Gasteiger partial charge is 0.475 e. The number of aryl methyl sites for hydroxylation is 1. The van der Waals surface area contributed by atoms with Crippen LogP contribution in [0.2, 0.25) is 0 Å². The van der Waals surface area contributed by atoms with Gasteiger partial charge in [-0.15, -0.1) is 10.2 Å². The van der Waals surface area contributed by atoms with Crippen LogP contribution in [0.25, 0.3) is 0 Å². The van der Waals surface area contributed by atoms with Gasteiger partial charge in [-0.25, -0.2) is 9.18 Å². The zero-order valence-electron chi connectivity index (χ0n) is 19.8. The predicted octanol–water partition coefficient (Wildman–Crippen LogP) is 2.82. The average Bonchev–Trinajstić information content (AvgIpc) is 3.55. The molecule has 0 radical (unpaired) electrons. The van der Waals surface area contributed by atoms with E-state index in [1.165, 1.54) is 17.7 Å². The molecule has 2 unspecified atom stereocenters. The van der Waals surface area contributed by atoms with E-state index in [1.54, 1.807) is 12.1 Å². The lowest BCUT2D eigenvalue weighted by molar-refractivity contribution is -0.192. The van der Waals surface area contributed by atoms with Crippen LogP contribution < -0.4 is 5.32 Å². The molecule has 2 aliphatic rings. The zero-order valence-corrected chi connectivity index (χ0v) is 19.8. The summed E-state index contributed by atoms with van der Waals surface area (Å²) in [5, 5.41) is 22.6.